The molecule has 0 saturated carbocycles. The molecule has 0 spiro atoms. The number of ketones is 2. The van der Waals surface area contributed by atoms with Crippen LogP contribution in [-0.2, 0) is 24.0 Å². The van der Waals surface area contributed by atoms with Crippen molar-refractivity contribution in [3.8, 4) is 0 Å². The first-order valence-electron chi connectivity index (χ1n) is 9.63. The Morgan fingerprint density at radius 1 is 0.774 bits per heavy atom. The lowest BCUT2D eigenvalue weighted by Gasteiger charge is -2.18. The van der Waals surface area contributed by atoms with Gasteiger partial charge in [0, 0.05) is 44.4 Å². The second kappa shape index (κ2) is 14.3. The molecule has 31 heavy (non-hydrogen) atoms. The van der Waals surface area contributed by atoms with Crippen LogP contribution < -0.4 is 0 Å². The second-order valence-corrected chi connectivity index (χ2v) is 9.95. The fourth-order valence-corrected chi connectivity index (χ4v) is 3.24. The Labute approximate surface area is 191 Å². The molecule has 1 fully saturated rings. The highest BCUT2D eigenvalue weighted by atomic mass is 16.2. The van der Waals surface area contributed by atoms with E-state index in [0.717, 1.165) is 0 Å². The van der Waals surface area contributed by atoms with Gasteiger partial charge in [-0.15, -0.1) is 0 Å². The Morgan fingerprint density at radius 2 is 1.19 bits per heavy atom. The van der Waals surface area contributed by atoms with Crippen molar-refractivity contribution in [3.63, 3.8) is 0 Å². The van der Waals surface area contributed by atoms with Crippen molar-refractivity contribution in [1.29, 1.82) is 0 Å². The minimum Gasteiger partial charge on any atom is -0.300 e. The van der Waals surface area contributed by atoms with E-state index in [0.29, 0.717) is 17.7 Å². The van der Waals surface area contributed by atoms with Crippen LogP contribution in [0, 0.1) is 16.7 Å². The molecule has 0 aromatic carbocycles. The topological polar surface area (TPSA) is 88.6 Å². The van der Waals surface area contributed by atoms with Crippen LogP contribution in [0.3, 0.4) is 0 Å². The van der Waals surface area contributed by atoms with E-state index >= 15 is 0 Å². The maximum absolute atomic E-state index is 12.4. The van der Waals surface area contributed by atoms with Crippen LogP contribution in [0.5, 0.6) is 0 Å². The Bertz CT molecular complexity index is 623. The largest absolute Gasteiger partial charge is 0.300 e. The molecule has 184 valence electrons. The number of likely N-dealkylation sites (tertiary alicyclic amines) is 1. The van der Waals surface area contributed by atoms with E-state index in [1.54, 1.807) is 0 Å². The molecule has 3 amide bonds. The van der Waals surface area contributed by atoms with Gasteiger partial charge in [0.05, 0.1) is 0 Å². The predicted molar refractivity (Wildman–Crippen MR) is 129 cm³/mol. The van der Waals surface area contributed by atoms with Gasteiger partial charge in [0.15, 0.2) is 0 Å². The van der Waals surface area contributed by atoms with Crippen LogP contribution in [0.4, 0.5) is 0 Å². The minimum atomic E-state index is -0.615. The van der Waals surface area contributed by atoms with Crippen LogP contribution >= 0.6 is 0 Å². The van der Waals surface area contributed by atoms with Gasteiger partial charge >= 0.3 is 0 Å². The van der Waals surface area contributed by atoms with Crippen LogP contribution in [0.2, 0.25) is 0 Å². The zero-order valence-corrected chi connectivity index (χ0v) is 17.5. The third kappa shape index (κ3) is 13.2. The second-order valence-electron chi connectivity index (χ2n) is 9.95. The summed E-state index contributed by atoms with van der Waals surface area (Å²) in [5.41, 5.74) is -0.279. The number of amides is 3. The Hall–Kier alpha value is -1.85. The number of hydrogen-bond donors (Lipinski definition) is 0. The molecule has 6 nitrogen and oxygen atoms in total. The summed E-state index contributed by atoms with van der Waals surface area (Å²) in [4.78, 5) is 61.4. The van der Waals surface area contributed by atoms with Crippen LogP contribution in [0.15, 0.2) is 0 Å². The van der Waals surface area contributed by atoms with Crippen LogP contribution in [-0.4, -0.2) is 34.2 Å². The number of Topliss-reactive ketones (excluding diaryl/α,β-unsaturated/α-hetero) is 2. The van der Waals surface area contributed by atoms with Crippen molar-refractivity contribution >= 4 is 29.3 Å². The lowest BCUT2D eigenvalue weighted by molar-refractivity contribution is -0.150. The summed E-state index contributed by atoms with van der Waals surface area (Å²) in [7, 11) is 0. The zero-order valence-electron chi connectivity index (χ0n) is 17.5. The number of imide groups is 3. The quantitative estimate of drug-likeness (QED) is 0.429. The van der Waals surface area contributed by atoms with Crippen molar-refractivity contribution in [2.45, 2.75) is 116 Å². The van der Waals surface area contributed by atoms with Crippen molar-refractivity contribution in [2.75, 3.05) is 0 Å². The van der Waals surface area contributed by atoms with E-state index in [1.165, 1.54) is 0 Å². The van der Waals surface area contributed by atoms with Gasteiger partial charge in [-0.05, 0) is 17.3 Å². The van der Waals surface area contributed by atoms with Crippen molar-refractivity contribution < 1.29 is 24.0 Å². The van der Waals surface area contributed by atoms with Gasteiger partial charge in [-0.1, -0.05) is 71.2 Å². The fourth-order valence-electron chi connectivity index (χ4n) is 3.24. The molecular weight excluding hydrogens is 394 g/mol. The van der Waals surface area contributed by atoms with E-state index in [9.17, 15) is 24.0 Å². The number of nitrogens with zero attached hydrogens (tertiary/aromatic N) is 1. The van der Waals surface area contributed by atoms with E-state index in [4.69, 9.17) is 0 Å². The maximum atomic E-state index is 12.4. The lowest BCUT2D eigenvalue weighted by atomic mass is 9.87. The first kappa shape index (κ1) is 36.5. The first-order chi connectivity index (χ1) is 12.2. The molecule has 1 rings (SSSR count). The Kier molecular flexibility index (Phi) is 16.8. The van der Waals surface area contributed by atoms with E-state index < -0.39 is 23.6 Å². The van der Waals surface area contributed by atoms with Crippen molar-refractivity contribution in [3.05, 3.63) is 0 Å². The molecule has 1 atom stereocenters. The normalized spacial score (nSPS) is 15.8. The van der Waals surface area contributed by atoms with Gasteiger partial charge in [0.1, 0.15) is 11.6 Å². The highest BCUT2D eigenvalue weighted by Gasteiger charge is 2.42. The monoisotopic (exact) mass is 443 g/mol. The minimum absolute atomic E-state index is 0. The van der Waals surface area contributed by atoms with Gasteiger partial charge in [-0.3, -0.25) is 24.0 Å². The standard InChI is InChI=1S/C21H33NO5.4CH4/c1-20(2,3)12-15(23)8-7-14-11-18(26)22(19(14)27)17(25)10-9-16(24)13-21(4,5)6;;;;/h14H,7-13H2,1-6H3;4*1H4. The molecule has 0 aliphatic carbocycles. The van der Waals surface area contributed by atoms with Crippen LogP contribution in [0.1, 0.15) is 116 Å². The molecule has 6 heteroatoms. The number of carbonyl (C=O) groups is 5. The lowest BCUT2D eigenvalue weighted by Crippen LogP contribution is -2.37. The fraction of sp³-hybridized carbons (Fsp3) is 0.800. The number of carbonyl (C=O) groups excluding carboxylic acids is 5. The molecule has 1 aliphatic rings. The molecular formula is C25H49NO5. The third-order valence-electron chi connectivity index (χ3n) is 4.33. The van der Waals surface area contributed by atoms with Crippen LogP contribution in [0.25, 0.3) is 0 Å². The Morgan fingerprint density at radius 3 is 1.61 bits per heavy atom. The van der Waals surface area contributed by atoms with E-state index in [1.807, 2.05) is 41.5 Å². The number of rotatable bonds is 8. The van der Waals surface area contributed by atoms with Gasteiger partial charge in [0.2, 0.25) is 17.7 Å². The number of hydrogen-bond acceptors (Lipinski definition) is 5. The van der Waals surface area contributed by atoms with Crippen molar-refractivity contribution in [1.82, 2.24) is 4.90 Å². The Balaban J connectivity index is -0.000000911. The summed E-state index contributed by atoms with van der Waals surface area (Å²) in [6, 6.07) is 0. The molecule has 1 aliphatic heterocycles. The SMILES string of the molecule is C.C.C.C.CC(C)(C)CC(=O)CCC(=O)N1C(=O)CC(CCC(=O)CC(C)(C)C)C1=O. The average molecular weight is 444 g/mol. The molecule has 1 heterocycles. The predicted octanol–water partition coefficient (Wildman–Crippen LogP) is 6.00. The maximum Gasteiger partial charge on any atom is 0.239 e. The smallest absolute Gasteiger partial charge is 0.239 e. The van der Waals surface area contributed by atoms with E-state index in [2.05, 4.69) is 0 Å². The molecule has 1 saturated heterocycles. The highest BCUT2D eigenvalue weighted by molar-refractivity contribution is 6.16. The average Bonchev–Trinajstić information content (AvgIpc) is 2.73. The van der Waals surface area contributed by atoms with Crippen molar-refractivity contribution in [2.24, 2.45) is 16.7 Å². The summed E-state index contributed by atoms with van der Waals surface area (Å²) in [5, 5.41) is 0. The third-order valence-corrected chi connectivity index (χ3v) is 4.33. The summed E-state index contributed by atoms with van der Waals surface area (Å²) in [6.07, 6.45) is 1.13. The summed E-state index contributed by atoms with van der Waals surface area (Å²) in [6.45, 7) is 11.7. The van der Waals surface area contributed by atoms with Gasteiger partial charge in [0.25, 0.3) is 0 Å². The summed E-state index contributed by atoms with van der Waals surface area (Å²) >= 11 is 0. The van der Waals surface area contributed by atoms with E-state index in [-0.39, 0.29) is 84.2 Å². The molecule has 0 radical (unpaired) electrons. The highest BCUT2D eigenvalue weighted by Crippen LogP contribution is 2.27. The van der Waals surface area contributed by atoms with Gasteiger partial charge < -0.3 is 0 Å². The molecule has 0 bridgehead atoms. The molecule has 1 unspecified atom stereocenters. The van der Waals surface area contributed by atoms with Gasteiger partial charge in [-0.25, -0.2) is 4.90 Å². The summed E-state index contributed by atoms with van der Waals surface area (Å²) in [5.74, 6) is -2.29. The molecule has 0 aromatic heterocycles. The zero-order chi connectivity index (χ0) is 21.0. The first-order valence-corrected chi connectivity index (χ1v) is 9.63. The summed E-state index contributed by atoms with van der Waals surface area (Å²) < 4.78 is 0. The molecule has 0 N–H and O–H groups in total. The molecule has 0 aromatic rings. The van der Waals surface area contributed by atoms with Gasteiger partial charge in [-0.2, -0.15) is 0 Å².